The summed E-state index contributed by atoms with van der Waals surface area (Å²) in [5, 5.41) is 6.30. The van der Waals surface area contributed by atoms with Gasteiger partial charge in [-0.3, -0.25) is 9.69 Å². The number of piperidine rings is 1. The van der Waals surface area contributed by atoms with E-state index in [2.05, 4.69) is 21.5 Å². The third kappa shape index (κ3) is 4.67. The van der Waals surface area contributed by atoms with Gasteiger partial charge in [-0.1, -0.05) is 5.92 Å². The van der Waals surface area contributed by atoms with Gasteiger partial charge in [0, 0.05) is 12.6 Å². The van der Waals surface area contributed by atoms with Crippen LogP contribution >= 0.6 is 0 Å². The van der Waals surface area contributed by atoms with Crippen LogP contribution in [0.5, 0.6) is 0 Å². The van der Waals surface area contributed by atoms with Crippen molar-refractivity contribution in [3.05, 3.63) is 0 Å². The van der Waals surface area contributed by atoms with Gasteiger partial charge in [0.2, 0.25) is 5.91 Å². The predicted molar refractivity (Wildman–Crippen MR) is 72.0 cm³/mol. The lowest BCUT2D eigenvalue weighted by Crippen LogP contribution is -2.44. The summed E-state index contributed by atoms with van der Waals surface area (Å²) < 4.78 is 0. The Bertz CT molecular complexity index is 319. The van der Waals surface area contributed by atoms with Gasteiger partial charge in [0.1, 0.15) is 0 Å². The molecular formula is C14H23N3O. The minimum Gasteiger partial charge on any atom is -0.344 e. The summed E-state index contributed by atoms with van der Waals surface area (Å²) >= 11 is 0. The molecule has 2 fully saturated rings. The number of nitrogens with one attached hydrogen (secondary N) is 2. The van der Waals surface area contributed by atoms with Crippen LogP contribution in [0.3, 0.4) is 0 Å². The van der Waals surface area contributed by atoms with Gasteiger partial charge in [-0.05, 0) is 44.7 Å². The summed E-state index contributed by atoms with van der Waals surface area (Å²) in [5.74, 6) is 3.16. The lowest BCUT2D eigenvalue weighted by molar-refractivity contribution is -0.122. The molecule has 1 saturated heterocycles. The normalized spacial score (nSPS) is 24.5. The van der Waals surface area contributed by atoms with E-state index in [-0.39, 0.29) is 5.91 Å². The van der Waals surface area contributed by atoms with Gasteiger partial charge in [-0.15, -0.1) is 6.42 Å². The molecule has 18 heavy (non-hydrogen) atoms. The van der Waals surface area contributed by atoms with Crippen molar-refractivity contribution in [1.29, 1.82) is 0 Å². The average molecular weight is 249 g/mol. The van der Waals surface area contributed by atoms with Crippen molar-refractivity contribution in [2.45, 2.75) is 31.7 Å². The number of nitrogens with zero attached hydrogens (tertiary/aromatic N) is 1. The fraction of sp³-hybridized carbons (Fsp3) is 0.786. The second-order valence-corrected chi connectivity index (χ2v) is 5.41. The second kappa shape index (κ2) is 6.77. The number of amides is 1. The number of likely N-dealkylation sites (tertiary alicyclic amines) is 1. The Morgan fingerprint density at radius 1 is 1.39 bits per heavy atom. The maximum Gasteiger partial charge on any atom is 0.234 e. The molecule has 0 aromatic rings. The maximum atomic E-state index is 11.6. The van der Waals surface area contributed by atoms with E-state index < -0.39 is 0 Å². The van der Waals surface area contributed by atoms with E-state index in [1.165, 1.54) is 25.7 Å². The molecule has 1 unspecified atom stereocenters. The Hall–Kier alpha value is -1.05. The van der Waals surface area contributed by atoms with Crippen molar-refractivity contribution < 1.29 is 4.79 Å². The highest BCUT2D eigenvalue weighted by Crippen LogP contribution is 2.21. The van der Waals surface area contributed by atoms with E-state index in [0.29, 0.717) is 19.0 Å². The van der Waals surface area contributed by atoms with Gasteiger partial charge in [0.25, 0.3) is 0 Å². The summed E-state index contributed by atoms with van der Waals surface area (Å²) in [6, 6.07) is 0.777. The van der Waals surface area contributed by atoms with E-state index >= 15 is 0 Å². The van der Waals surface area contributed by atoms with Gasteiger partial charge < -0.3 is 10.6 Å². The number of carbonyl (C=O) groups excluding carboxylic acids is 1. The summed E-state index contributed by atoms with van der Waals surface area (Å²) in [4.78, 5) is 13.8. The molecule has 1 aliphatic carbocycles. The van der Waals surface area contributed by atoms with Crippen LogP contribution in [0.4, 0.5) is 0 Å². The topological polar surface area (TPSA) is 44.4 Å². The Kier molecular flexibility index (Phi) is 5.03. The predicted octanol–water partition coefficient (Wildman–Crippen LogP) is 0.200. The van der Waals surface area contributed by atoms with Crippen LogP contribution in [-0.4, -0.2) is 49.6 Å². The van der Waals surface area contributed by atoms with Crippen LogP contribution in [0.15, 0.2) is 0 Å². The molecule has 4 heteroatoms. The Balaban J connectivity index is 1.65. The van der Waals surface area contributed by atoms with Crippen molar-refractivity contribution in [2.75, 3.05) is 32.7 Å². The summed E-state index contributed by atoms with van der Waals surface area (Å²) in [7, 11) is 0. The van der Waals surface area contributed by atoms with Gasteiger partial charge in [-0.2, -0.15) is 0 Å². The first-order valence-electron chi connectivity index (χ1n) is 6.94. The average Bonchev–Trinajstić information content (AvgIpc) is 3.18. The van der Waals surface area contributed by atoms with Gasteiger partial charge in [-0.25, -0.2) is 0 Å². The number of rotatable bonds is 6. The molecule has 0 aromatic heterocycles. The van der Waals surface area contributed by atoms with E-state index in [1.807, 2.05) is 0 Å². The van der Waals surface area contributed by atoms with E-state index in [4.69, 9.17) is 6.42 Å². The smallest absolute Gasteiger partial charge is 0.234 e. The van der Waals surface area contributed by atoms with Crippen molar-refractivity contribution in [1.82, 2.24) is 15.5 Å². The third-order valence-electron chi connectivity index (χ3n) is 3.63. The first kappa shape index (κ1) is 13.4. The molecule has 100 valence electrons. The van der Waals surface area contributed by atoms with Gasteiger partial charge in [0.05, 0.1) is 13.1 Å². The molecule has 2 aliphatic rings. The van der Waals surface area contributed by atoms with Crippen LogP contribution in [0.1, 0.15) is 25.7 Å². The lowest BCUT2D eigenvalue weighted by Gasteiger charge is -2.32. The number of hydrogen-bond donors (Lipinski definition) is 2. The number of hydrogen-bond acceptors (Lipinski definition) is 3. The first-order valence-corrected chi connectivity index (χ1v) is 6.94. The fourth-order valence-corrected chi connectivity index (χ4v) is 2.49. The highest BCUT2D eigenvalue weighted by molar-refractivity contribution is 5.78. The van der Waals surface area contributed by atoms with E-state index in [9.17, 15) is 4.79 Å². The molecule has 1 atom stereocenters. The van der Waals surface area contributed by atoms with Crippen LogP contribution in [-0.2, 0) is 4.79 Å². The molecule has 0 aromatic carbocycles. The fourth-order valence-electron chi connectivity index (χ4n) is 2.49. The van der Waals surface area contributed by atoms with E-state index in [0.717, 1.165) is 25.7 Å². The molecule has 1 heterocycles. The zero-order chi connectivity index (χ0) is 12.8. The third-order valence-corrected chi connectivity index (χ3v) is 3.63. The van der Waals surface area contributed by atoms with Crippen molar-refractivity contribution in [3.63, 3.8) is 0 Å². The van der Waals surface area contributed by atoms with E-state index in [1.54, 1.807) is 0 Å². The minimum absolute atomic E-state index is 0.0451. The Labute approximate surface area is 109 Å². The molecule has 0 radical (unpaired) electrons. The second-order valence-electron chi connectivity index (χ2n) is 5.41. The Morgan fingerprint density at radius 2 is 2.22 bits per heavy atom. The van der Waals surface area contributed by atoms with Gasteiger partial charge in [0.15, 0.2) is 0 Å². The number of carbonyl (C=O) groups is 1. The maximum absolute atomic E-state index is 11.6. The zero-order valence-corrected chi connectivity index (χ0v) is 11.0. The Morgan fingerprint density at radius 3 is 2.94 bits per heavy atom. The molecule has 4 nitrogen and oxygen atoms in total. The molecule has 0 spiro atoms. The van der Waals surface area contributed by atoms with Crippen LogP contribution in [0, 0.1) is 18.3 Å². The largest absolute Gasteiger partial charge is 0.344 e. The molecule has 1 saturated carbocycles. The summed E-state index contributed by atoms with van der Waals surface area (Å²) in [6.45, 7) is 3.99. The van der Waals surface area contributed by atoms with Crippen LogP contribution < -0.4 is 10.6 Å². The first-order chi connectivity index (χ1) is 8.78. The van der Waals surface area contributed by atoms with Crippen molar-refractivity contribution in [2.24, 2.45) is 5.92 Å². The monoisotopic (exact) mass is 249 g/mol. The summed E-state index contributed by atoms with van der Waals surface area (Å²) in [6.07, 6.45) is 10.3. The van der Waals surface area contributed by atoms with Crippen molar-refractivity contribution in [3.8, 4) is 12.3 Å². The molecule has 0 bridgehead atoms. The quantitative estimate of drug-likeness (QED) is 0.661. The molecular weight excluding hydrogens is 226 g/mol. The minimum atomic E-state index is 0.0451. The molecule has 2 rings (SSSR count). The zero-order valence-electron chi connectivity index (χ0n) is 11.0. The number of terminal acetylenes is 1. The highest BCUT2D eigenvalue weighted by Gasteiger charge is 2.25. The molecule has 1 amide bonds. The lowest BCUT2D eigenvalue weighted by atomic mass is 9.98. The van der Waals surface area contributed by atoms with Crippen LogP contribution in [0.2, 0.25) is 0 Å². The summed E-state index contributed by atoms with van der Waals surface area (Å²) in [5.41, 5.74) is 0. The SMILES string of the molecule is C#CCNC(=O)CN1CCCC(CNC2CC2)C1. The van der Waals surface area contributed by atoms with Gasteiger partial charge >= 0.3 is 0 Å². The molecule has 2 N–H and O–H groups in total. The molecule has 1 aliphatic heterocycles. The standard InChI is InChI=1S/C14H23N3O/c1-2-7-15-14(18)11-17-8-3-4-12(10-17)9-16-13-5-6-13/h1,12-13,16H,3-11H2,(H,15,18). The van der Waals surface area contributed by atoms with Crippen LogP contribution in [0.25, 0.3) is 0 Å². The van der Waals surface area contributed by atoms with Crippen molar-refractivity contribution >= 4 is 5.91 Å². The highest BCUT2D eigenvalue weighted by atomic mass is 16.2.